The summed E-state index contributed by atoms with van der Waals surface area (Å²) in [6, 6.07) is 6.83. The van der Waals surface area contributed by atoms with E-state index in [0.29, 0.717) is 30.7 Å². The van der Waals surface area contributed by atoms with Gasteiger partial charge < -0.3 is 20.3 Å². The maximum Gasteiger partial charge on any atom is 0.325 e. The van der Waals surface area contributed by atoms with Gasteiger partial charge >= 0.3 is 6.03 Å². The minimum absolute atomic E-state index is 0.0526. The quantitative estimate of drug-likeness (QED) is 0.603. The van der Waals surface area contributed by atoms with E-state index >= 15 is 0 Å². The summed E-state index contributed by atoms with van der Waals surface area (Å²) in [6.07, 6.45) is 6.67. The van der Waals surface area contributed by atoms with Gasteiger partial charge in [-0.2, -0.15) is 0 Å². The Hall–Kier alpha value is -2.61. The molecule has 0 spiro atoms. The molecule has 0 saturated carbocycles. The maximum absolute atomic E-state index is 12.8. The van der Waals surface area contributed by atoms with Crippen molar-refractivity contribution in [3.8, 4) is 5.75 Å². The van der Waals surface area contributed by atoms with E-state index in [4.69, 9.17) is 4.74 Å². The first-order chi connectivity index (χ1) is 15.6. The van der Waals surface area contributed by atoms with Gasteiger partial charge in [0.1, 0.15) is 11.8 Å². The number of nitrogens with one attached hydrogen (secondary N) is 2. The van der Waals surface area contributed by atoms with Crippen LogP contribution in [-0.2, 0) is 16.1 Å². The van der Waals surface area contributed by atoms with Crippen LogP contribution in [0.25, 0.3) is 0 Å². The van der Waals surface area contributed by atoms with Crippen LogP contribution < -0.4 is 15.4 Å². The standard InChI is InChI=1S/C24H34N4O4/c1-32-21-10-3-2-7-18(21)16-28-23(30)19(26-24(28)31)11-12-22(29)25-15-17-8-6-14-27-13-5-4-9-20(17)27/h2-3,7,10,17,19-20H,4-6,8-9,11-16H2,1H3,(H,25,29)(H,26,31)/t17-,19-,20-/m0/s1. The molecule has 8 heteroatoms. The number of methoxy groups -OCH3 is 1. The van der Waals surface area contributed by atoms with Crippen LogP contribution in [0.15, 0.2) is 24.3 Å². The number of para-hydroxylation sites is 1. The zero-order valence-electron chi connectivity index (χ0n) is 18.8. The fourth-order valence-electron chi connectivity index (χ4n) is 5.35. The zero-order valence-corrected chi connectivity index (χ0v) is 18.8. The molecule has 0 aromatic heterocycles. The molecule has 3 aliphatic heterocycles. The van der Waals surface area contributed by atoms with Crippen LogP contribution in [0.3, 0.4) is 0 Å². The molecule has 2 N–H and O–H groups in total. The summed E-state index contributed by atoms with van der Waals surface area (Å²) in [6.45, 7) is 3.22. The first-order valence-electron chi connectivity index (χ1n) is 11.8. The fraction of sp³-hybridized carbons (Fsp3) is 0.625. The molecule has 3 fully saturated rings. The van der Waals surface area contributed by atoms with Gasteiger partial charge in [-0.15, -0.1) is 0 Å². The van der Waals surface area contributed by atoms with E-state index in [1.54, 1.807) is 13.2 Å². The topological polar surface area (TPSA) is 91.0 Å². The van der Waals surface area contributed by atoms with Crippen LogP contribution in [0.4, 0.5) is 4.79 Å². The van der Waals surface area contributed by atoms with Crippen LogP contribution in [0.2, 0.25) is 0 Å². The molecule has 1 aromatic rings. The predicted octanol–water partition coefficient (Wildman–Crippen LogP) is 2.28. The molecule has 0 unspecified atom stereocenters. The summed E-state index contributed by atoms with van der Waals surface area (Å²) in [5, 5.41) is 5.80. The summed E-state index contributed by atoms with van der Waals surface area (Å²) in [7, 11) is 1.56. The molecule has 4 rings (SSSR count). The van der Waals surface area contributed by atoms with E-state index in [0.717, 1.165) is 12.0 Å². The Balaban J connectivity index is 1.24. The number of ether oxygens (including phenoxy) is 1. The SMILES string of the molecule is COc1ccccc1CN1C(=O)N[C@@H](CCC(=O)NC[C@@H]2CCCN3CCCC[C@@H]23)C1=O. The van der Waals surface area contributed by atoms with Gasteiger partial charge in [-0.05, 0) is 57.2 Å². The van der Waals surface area contributed by atoms with Gasteiger partial charge in [0.2, 0.25) is 5.91 Å². The van der Waals surface area contributed by atoms with Gasteiger partial charge in [0, 0.05) is 24.6 Å². The van der Waals surface area contributed by atoms with Crippen molar-refractivity contribution in [2.75, 3.05) is 26.7 Å². The second kappa shape index (κ2) is 10.3. The van der Waals surface area contributed by atoms with Crippen LogP contribution in [0.1, 0.15) is 50.5 Å². The van der Waals surface area contributed by atoms with Crippen LogP contribution in [-0.4, -0.2) is 66.5 Å². The minimum atomic E-state index is -0.661. The summed E-state index contributed by atoms with van der Waals surface area (Å²) in [5.74, 6) is 0.800. The van der Waals surface area contributed by atoms with Gasteiger partial charge in [0.25, 0.3) is 5.91 Å². The monoisotopic (exact) mass is 442 g/mol. The van der Waals surface area contributed by atoms with Crippen molar-refractivity contribution in [2.45, 2.75) is 63.6 Å². The Morgan fingerprint density at radius 3 is 2.81 bits per heavy atom. The lowest BCUT2D eigenvalue weighted by Gasteiger charge is -2.44. The molecule has 1 aromatic carbocycles. The van der Waals surface area contributed by atoms with Crippen LogP contribution in [0.5, 0.6) is 5.75 Å². The number of fused-ring (bicyclic) bond motifs is 1. The lowest BCUT2D eigenvalue weighted by Crippen LogP contribution is -2.51. The molecule has 3 heterocycles. The van der Waals surface area contributed by atoms with Crippen molar-refractivity contribution in [1.29, 1.82) is 0 Å². The first-order valence-corrected chi connectivity index (χ1v) is 11.8. The molecule has 3 atom stereocenters. The highest BCUT2D eigenvalue weighted by atomic mass is 16.5. The van der Waals surface area contributed by atoms with Gasteiger partial charge in [0.05, 0.1) is 13.7 Å². The molecule has 0 bridgehead atoms. The number of carbonyl (C=O) groups is 3. The van der Waals surface area contributed by atoms with Crippen molar-refractivity contribution in [2.24, 2.45) is 5.92 Å². The molecule has 0 radical (unpaired) electrons. The summed E-state index contributed by atoms with van der Waals surface area (Å²) >= 11 is 0. The number of rotatable bonds is 8. The van der Waals surface area contributed by atoms with E-state index in [1.165, 1.54) is 43.7 Å². The highest BCUT2D eigenvalue weighted by Crippen LogP contribution is 2.30. The molecular formula is C24H34N4O4. The predicted molar refractivity (Wildman–Crippen MR) is 120 cm³/mol. The summed E-state index contributed by atoms with van der Waals surface area (Å²) in [5.41, 5.74) is 0.765. The number of piperidine rings is 2. The number of carbonyl (C=O) groups excluding carboxylic acids is 3. The third-order valence-corrected chi connectivity index (χ3v) is 7.08. The van der Waals surface area contributed by atoms with Gasteiger partial charge in [-0.3, -0.25) is 14.5 Å². The van der Waals surface area contributed by atoms with E-state index in [2.05, 4.69) is 15.5 Å². The Morgan fingerprint density at radius 1 is 1.16 bits per heavy atom. The second-order valence-electron chi connectivity index (χ2n) is 9.08. The van der Waals surface area contributed by atoms with Gasteiger partial charge in [0.15, 0.2) is 0 Å². The molecule has 174 valence electrons. The Bertz CT molecular complexity index is 843. The van der Waals surface area contributed by atoms with Crippen LogP contribution >= 0.6 is 0 Å². The molecule has 8 nitrogen and oxygen atoms in total. The first kappa shape index (κ1) is 22.6. The van der Waals surface area contributed by atoms with Gasteiger partial charge in [-0.1, -0.05) is 24.6 Å². The Labute approximate surface area is 189 Å². The average Bonchev–Trinajstić information content (AvgIpc) is 3.09. The van der Waals surface area contributed by atoms with Crippen molar-refractivity contribution in [3.05, 3.63) is 29.8 Å². The third kappa shape index (κ3) is 5.06. The number of hydrogen-bond donors (Lipinski definition) is 2. The van der Waals surface area contributed by atoms with E-state index in [9.17, 15) is 14.4 Å². The smallest absolute Gasteiger partial charge is 0.325 e. The third-order valence-electron chi connectivity index (χ3n) is 7.08. The normalized spacial score (nSPS) is 25.9. The number of urea groups is 1. The number of imide groups is 1. The van der Waals surface area contributed by atoms with Crippen molar-refractivity contribution < 1.29 is 19.1 Å². The molecular weight excluding hydrogens is 408 g/mol. The van der Waals surface area contributed by atoms with E-state index < -0.39 is 12.1 Å². The van der Waals surface area contributed by atoms with Crippen LogP contribution in [0, 0.1) is 5.92 Å². The van der Waals surface area contributed by atoms with Crippen molar-refractivity contribution in [3.63, 3.8) is 0 Å². The molecule has 0 aliphatic carbocycles. The fourth-order valence-corrected chi connectivity index (χ4v) is 5.35. The maximum atomic E-state index is 12.8. The highest BCUT2D eigenvalue weighted by Gasteiger charge is 2.38. The number of hydrogen-bond acceptors (Lipinski definition) is 5. The number of benzene rings is 1. The number of amides is 4. The summed E-state index contributed by atoms with van der Waals surface area (Å²) < 4.78 is 5.32. The number of nitrogens with zero attached hydrogens (tertiary/aromatic N) is 2. The summed E-state index contributed by atoms with van der Waals surface area (Å²) in [4.78, 5) is 41.4. The Morgan fingerprint density at radius 2 is 1.97 bits per heavy atom. The minimum Gasteiger partial charge on any atom is -0.496 e. The average molecular weight is 443 g/mol. The van der Waals surface area contributed by atoms with Gasteiger partial charge in [-0.25, -0.2) is 4.79 Å². The van der Waals surface area contributed by atoms with Crippen molar-refractivity contribution in [1.82, 2.24) is 20.4 Å². The van der Waals surface area contributed by atoms with Crippen molar-refractivity contribution >= 4 is 17.8 Å². The van der Waals surface area contributed by atoms with E-state index in [1.807, 2.05) is 18.2 Å². The molecule has 3 aliphatic rings. The Kier molecular flexibility index (Phi) is 7.29. The zero-order chi connectivity index (χ0) is 22.5. The lowest BCUT2D eigenvalue weighted by atomic mass is 9.83. The molecule has 4 amide bonds. The second-order valence-corrected chi connectivity index (χ2v) is 9.08. The lowest BCUT2D eigenvalue weighted by molar-refractivity contribution is -0.128. The van der Waals surface area contributed by atoms with E-state index in [-0.39, 0.29) is 24.8 Å². The molecule has 32 heavy (non-hydrogen) atoms. The highest BCUT2D eigenvalue weighted by molar-refractivity contribution is 6.04. The largest absolute Gasteiger partial charge is 0.496 e. The molecule has 3 saturated heterocycles.